The normalized spacial score (nSPS) is 18.1. The van der Waals surface area contributed by atoms with Crippen LogP contribution in [0.5, 0.6) is 0 Å². The molecular weight excluding hydrogens is 526 g/mol. The highest BCUT2D eigenvalue weighted by molar-refractivity contribution is 14.0. The van der Waals surface area contributed by atoms with Gasteiger partial charge >= 0.3 is 12.1 Å². The van der Waals surface area contributed by atoms with Gasteiger partial charge in [-0.3, -0.25) is 9.79 Å². The van der Waals surface area contributed by atoms with E-state index in [9.17, 15) is 18.0 Å². The van der Waals surface area contributed by atoms with Crippen LogP contribution in [0.15, 0.2) is 17.3 Å². The SMILES string of the molecule is CN=C(NCC(C)C(=O)OC)NC1CCN(c2ncc(C(F)(F)F)cc2Cl)C1.I. The first-order valence-electron chi connectivity index (χ1n) is 8.68. The summed E-state index contributed by atoms with van der Waals surface area (Å²) in [5.41, 5.74) is -0.876. The van der Waals surface area contributed by atoms with Crippen LogP contribution in [0.2, 0.25) is 5.02 Å². The highest BCUT2D eigenvalue weighted by Gasteiger charge is 2.33. The zero-order valence-electron chi connectivity index (χ0n) is 16.2. The van der Waals surface area contributed by atoms with Crippen molar-refractivity contribution in [2.75, 3.05) is 38.7 Å². The molecule has 1 aromatic rings. The van der Waals surface area contributed by atoms with Crippen LogP contribution in [0.3, 0.4) is 0 Å². The zero-order valence-corrected chi connectivity index (χ0v) is 19.3. The van der Waals surface area contributed by atoms with E-state index in [4.69, 9.17) is 11.6 Å². The average molecular weight is 550 g/mol. The third-order valence-corrected chi connectivity index (χ3v) is 4.66. The zero-order chi connectivity index (χ0) is 20.9. The van der Waals surface area contributed by atoms with Crippen LogP contribution in [-0.2, 0) is 15.7 Å². The van der Waals surface area contributed by atoms with Crippen LogP contribution >= 0.6 is 35.6 Å². The molecule has 7 nitrogen and oxygen atoms in total. The predicted molar refractivity (Wildman–Crippen MR) is 116 cm³/mol. The maximum Gasteiger partial charge on any atom is 0.417 e. The van der Waals surface area contributed by atoms with Crippen molar-refractivity contribution in [3.63, 3.8) is 0 Å². The number of aliphatic imine (C=N–C) groups is 1. The van der Waals surface area contributed by atoms with E-state index in [2.05, 4.69) is 25.3 Å². The summed E-state index contributed by atoms with van der Waals surface area (Å²) in [7, 11) is 2.94. The molecule has 1 saturated heterocycles. The highest BCUT2D eigenvalue weighted by atomic mass is 127. The van der Waals surface area contributed by atoms with Gasteiger partial charge in [0.05, 0.1) is 23.6 Å². The molecule has 1 aliphatic rings. The van der Waals surface area contributed by atoms with Crippen molar-refractivity contribution in [2.24, 2.45) is 10.9 Å². The van der Waals surface area contributed by atoms with Gasteiger partial charge in [0.1, 0.15) is 5.82 Å². The van der Waals surface area contributed by atoms with Crippen molar-refractivity contribution in [2.45, 2.75) is 25.6 Å². The third kappa shape index (κ3) is 7.05. The number of ether oxygens (including phenoxy) is 1. The first-order valence-corrected chi connectivity index (χ1v) is 9.06. The summed E-state index contributed by atoms with van der Waals surface area (Å²) in [5.74, 6) is 0.187. The first-order chi connectivity index (χ1) is 13.2. The number of pyridine rings is 1. The van der Waals surface area contributed by atoms with Gasteiger partial charge in [-0.1, -0.05) is 18.5 Å². The lowest BCUT2D eigenvalue weighted by atomic mass is 10.2. The van der Waals surface area contributed by atoms with Crippen molar-refractivity contribution in [1.29, 1.82) is 0 Å². The molecule has 2 unspecified atom stereocenters. The molecule has 2 N–H and O–H groups in total. The molecule has 0 radical (unpaired) electrons. The number of carbonyl (C=O) groups is 1. The quantitative estimate of drug-likeness (QED) is 0.255. The van der Waals surface area contributed by atoms with Gasteiger partial charge < -0.3 is 20.3 Å². The Kier molecular flexibility index (Phi) is 9.73. The van der Waals surface area contributed by atoms with Crippen LogP contribution in [0.25, 0.3) is 0 Å². The molecule has 1 aliphatic heterocycles. The number of guanidine groups is 1. The monoisotopic (exact) mass is 549 g/mol. The smallest absolute Gasteiger partial charge is 0.417 e. The number of halogens is 5. The summed E-state index contributed by atoms with van der Waals surface area (Å²) in [5, 5.41) is 6.24. The number of carbonyl (C=O) groups excluding carboxylic acids is 1. The van der Waals surface area contributed by atoms with Gasteiger partial charge in [-0.25, -0.2) is 4.98 Å². The number of nitrogens with one attached hydrogen (secondary N) is 2. The maximum absolute atomic E-state index is 12.8. The van der Waals surface area contributed by atoms with E-state index in [1.165, 1.54) is 7.11 Å². The summed E-state index contributed by atoms with van der Waals surface area (Å²) in [4.78, 5) is 21.3. The van der Waals surface area contributed by atoms with E-state index in [1.807, 2.05) is 4.90 Å². The van der Waals surface area contributed by atoms with E-state index in [1.54, 1.807) is 14.0 Å². The van der Waals surface area contributed by atoms with Crippen molar-refractivity contribution in [1.82, 2.24) is 15.6 Å². The lowest BCUT2D eigenvalue weighted by Gasteiger charge is -2.21. The first kappa shape index (κ1) is 25.5. The molecule has 164 valence electrons. The molecule has 0 saturated carbocycles. The standard InChI is InChI=1S/C17H23ClF3N5O2.HI/c1-10(15(27)28-3)7-24-16(22-2)25-12-4-5-26(9-12)14-13(18)6-11(8-23-14)17(19,20)21;/h6,8,10,12H,4-5,7,9H2,1-3H3,(H2,22,24,25);1H. The Morgan fingerprint density at radius 1 is 1.52 bits per heavy atom. The molecule has 2 atom stereocenters. The lowest BCUT2D eigenvalue weighted by molar-refractivity contribution is -0.144. The lowest BCUT2D eigenvalue weighted by Crippen LogP contribution is -2.46. The topological polar surface area (TPSA) is 78.8 Å². The number of esters is 1. The Labute approximate surface area is 189 Å². The molecule has 2 heterocycles. The Morgan fingerprint density at radius 3 is 2.76 bits per heavy atom. The number of methoxy groups -OCH3 is 1. The highest BCUT2D eigenvalue weighted by Crippen LogP contribution is 2.34. The molecule has 0 spiro atoms. The van der Waals surface area contributed by atoms with Gasteiger partial charge in [0, 0.05) is 38.9 Å². The van der Waals surface area contributed by atoms with Crippen LogP contribution in [0, 0.1) is 5.92 Å². The minimum absolute atomic E-state index is 0. The molecule has 1 fully saturated rings. The summed E-state index contributed by atoms with van der Waals surface area (Å²) in [6.07, 6.45) is -2.97. The fourth-order valence-electron chi connectivity index (χ4n) is 2.81. The van der Waals surface area contributed by atoms with Gasteiger partial charge in [-0.2, -0.15) is 13.2 Å². The van der Waals surface area contributed by atoms with Crippen LogP contribution in [0.1, 0.15) is 18.9 Å². The van der Waals surface area contributed by atoms with Gasteiger partial charge in [0.15, 0.2) is 5.96 Å². The van der Waals surface area contributed by atoms with Crippen LogP contribution in [0.4, 0.5) is 19.0 Å². The number of nitrogens with zero attached hydrogens (tertiary/aromatic N) is 3. The number of anilines is 1. The van der Waals surface area contributed by atoms with Crippen molar-refractivity contribution in [3.05, 3.63) is 22.8 Å². The van der Waals surface area contributed by atoms with Gasteiger partial charge in [-0.05, 0) is 12.5 Å². The number of alkyl halides is 3. The van der Waals surface area contributed by atoms with Crippen molar-refractivity contribution >= 4 is 53.3 Å². The molecule has 0 bridgehead atoms. The minimum atomic E-state index is -4.48. The molecule has 12 heteroatoms. The molecule has 29 heavy (non-hydrogen) atoms. The minimum Gasteiger partial charge on any atom is -0.469 e. The van der Waals surface area contributed by atoms with E-state index in [-0.39, 0.29) is 46.9 Å². The Bertz CT molecular complexity index is 736. The molecule has 2 rings (SSSR count). The van der Waals surface area contributed by atoms with Gasteiger partial charge in [-0.15, -0.1) is 24.0 Å². The second-order valence-electron chi connectivity index (χ2n) is 6.48. The largest absolute Gasteiger partial charge is 0.469 e. The molecule has 0 aromatic carbocycles. The van der Waals surface area contributed by atoms with Crippen molar-refractivity contribution < 1.29 is 22.7 Å². The Morgan fingerprint density at radius 2 is 2.21 bits per heavy atom. The third-order valence-electron chi connectivity index (χ3n) is 4.38. The summed E-state index contributed by atoms with van der Waals surface area (Å²) in [6.45, 7) is 3.19. The number of hydrogen-bond acceptors (Lipinski definition) is 5. The number of hydrogen-bond donors (Lipinski definition) is 2. The van der Waals surface area contributed by atoms with Gasteiger partial charge in [0.2, 0.25) is 0 Å². The van der Waals surface area contributed by atoms with E-state index >= 15 is 0 Å². The average Bonchev–Trinajstić information content (AvgIpc) is 3.11. The van der Waals surface area contributed by atoms with E-state index < -0.39 is 11.7 Å². The number of rotatable bonds is 5. The summed E-state index contributed by atoms with van der Waals surface area (Å²) < 4.78 is 42.9. The Balaban J connectivity index is 0.00000420. The van der Waals surface area contributed by atoms with E-state index in [0.29, 0.717) is 31.4 Å². The van der Waals surface area contributed by atoms with E-state index in [0.717, 1.165) is 18.7 Å². The fourth-order valence-corrected chi connectivity index (χ4v) is 3.10. The molecular formula is C17H24ClF3IN5O2. The van der Waals surface area contributed by atoms with Crippen molar-refractivity contribution in [3.8, 4) is 0 Å². The maximum atomic E-state index is 12.8. The summed E-state index contributed by atoms with van der Waals surface area (Å²) >= 11 is 6.02. The van der Waals surface area contributed by atoms with Gasteiger partial charge in [0.25, 0.3) is 0 Å². The second kappa shape index (κ2) is 11.0. The second-order valence-corrected chi connectivity index (χ2v) is 6.89. The Hall–Kier alpha value is -1.50. The van der Waals surface area contributed by atoms with Crippen LogP contribution < -0.4 is 15.5 Å². The molecule has 0 amide bonds. The predicted octanol–water partition coefficient (Wildman–Crippen LogP) is 2.92. The van der Waals surface area contributed by atoms with Crippen LogP contribution in [-0.4, -0.2) is 56.7 Å². The summed E-state index contributed by atoms with van der Waals surface area (Å²) in [6, 6.07) is 0.888. The molecule has 1 aromatic heterocycles. The number of aromatic nitrogens is 1. The molecule has 0 aliphatic carbocycles. The fraction of sp³-hybridized carbons (Fsp3) is 0.588.